The minimum Gasteiger partial charge on any atom is -0.399 e. The fourth-order valence-corrected chi connectivity index (χ4v) is 2.46. The van der Waals surface area contributed by atoms with Crippen molar-refractivity contribution in [3.63, 3.8) is 0 Å². The van der Waals surface area contributed by atoms with Crippen LogP contribution >= 0.6 is 0 Å². The predicted molar refractivity (Wildman–Crippen MR) is 76.9 cm³/mol. The van der Waals surface area contributed by atoms with Gasteiger partial charge in [0.15, 0.2) is 0 Å². The van der Waals surface area contributed by atoms with Crippen LogP contribution in [0.25, 0.3) is 10.9 Å². The molecule has 3 nitrogen and oxygen atoms in total. The fourth-order valence-electron chi connectivity index (χ4n) is 2.46. The highest BCUT2D eigenvalue weighted by Gasteiger charge is 2.23. The smallest absolute Gasteiger partial charge is 0.0727 e. The van der Waals surface area contributed by atoms with Crippen LogP contribution in [0.1, 0.15) is 18.5 Å². The number of pyridine rings is 1. The van der Waals surface area contributed by atoms with Crippen molar-refractivity contribution in [1.29, 1.82) is 0 Å². The summed E-state index contributed by atoms with van der Waals surface area (Å²) < 4.78 is 0. The monoisotopic (exact) mass is 241 g/mol. The highest BCUT2D eigenvalue weighted by atomic mass is 15.1. The molecule has 2 aromatic rings. The van der Waals surface area contributed by atoms with Crippen LogP contribution in [0.2, 0.25) is 0 Å². The Morgan fingerprint density at radius 3 is 2.83 bits per heavy atom. The van der Waals surface area contributed by atoms with Crippen LogP contribution in [0.3, 0.4) is 0 Å². The number of fused-ring (bicyclic) bond motifs is 1. The van der Waals surface area contributed by atoms with Crippen molar-refractivity contribution in [1.82, 2.24) is 4.98 Å². The second-order valence-electron chi connectivity index (χ2n) is 5.38. The summed E-state index contributed by atoms with van der Waals surface area (Å²) in [6.07, 6.45) is 2.74. The number of nitrogens with two attached hydrogens (primary N) is 1. The van der Waals surface area contributed by atoms with E-state index in [0.29, 0.717) is 0 Å². The van der Waals surface area contributed by atoms with Crippen molar-refractivity contribution in [3.05, 3.63) is 30.0 Å². The first-order valence-electron chi connectivity index (χ1n) is 6.51. The molecule has 94 valence electrons. The van der Waals surface area contributed by atoms with E-state index in [1.54, 1.807) is 0 Å². The molecule has 0 bridgehead atoms. The summed E-state index contributed by atoms with van der Waals surface area (Å²) in [4.78, 5) is 6.91. The van der Waals surface area contributed by atoms with Crippen LogP contribution in [-0.2, 0) is 0 Å². The van der Waals surface area contributed by atoms with Crippen molar-refractivity contribution in [2.24, 2.45) is 5.92 Å². The van der Waals surface area contributed by atoms with Gasteiger partial charge in [-0.1, -0.05) is 0 Å². The first-order chi connectivity index (χ1) is 8.63. The summed E-state index contributed by atoms with van der Waals surface area (Å²) in [7, 11) is 2.16. The zero-order valence-electron chi connectivity index (χ0n) is 11.0. The summed E-state index contributed by atoms with van der Waals surface area (Å²) in [5, 5.41) is 1.16. The van der Waals surface area contributed by atoms with Crippen molar-refractivity contribution < 1.29 is 0 Å². The maximum absolute atomic E-state index is 5.90. The maximum atomic E-state index is 5.90. The van der Waals surface area contributed by atoms with Crippen molar-refractivity contribution in [3.8, 4) is 0 Å². The lowest BCUT2D eigenvalue weighted by Crippen LogP contribution is -2.20. The Kier molecular flexibility index (Phi) is 2.62. The molecule has 0 radical (unpaired) electrons. The molecule has 1 aromatic heterocycles. The van der Waals surface area contributed by atoms with Crippen molar-refractivity contribution in [2.45, 2.75) is 19.8 Å². The number of hydrogen-bond donors (Lipinski definition) is 1. The van der Waals surface area contributed by atoms with E-state index in [-0.39, 0.29) is 0 Å². The van der Waals surface area contributed by atoms with Gasteiger partial charge in [0.2, 0.25) is 0 Å². The number of nitrogens with zero attached hydrogens (tertiary/aromatic N) is 2. The second kappa shape index (κ2) is 4.16. The molecule has 3 heteroatoms. The third-order valence-corrected chi connectivity index (χ3v) is 3.58. The molecule has 0 spiro atoms. The first-order valence-corrected chi connectivity index (χ1v) is 6.51. The molecule has 18 heavy (non-hydrogen) atoms. The summed E-state index contributed by atoms with van der Waals surface area (Å²) >= 11 is 0. The molecule has 1 aliphatic carbocycles. The van der Waals surface area contributed by atoms with Gasteiger partial charge in [-0.3, -0.25) is 4.98 Å². The number of rotatable bonds is 3. The standard InChI is InChI=1S/C15H19N3/c1-10-7-15(18(2)9-11-3-4-11)13-8-12(16)5-6-14(13)17-10/h5-8,11H,3-4,9,16H2,1-2H3. The van der Waals surface area contributed by atoms with E-state index in [9.17, 15) is 0 Å². The molecule has 1 aliphatic rings. The molecule has 0 atom stereocenters. The van der Waals surface area contributed by atoms with Gasteiger partial charge in [-0.05, 0) is 49.9 Å². The Morgan fingerprint density at radius 2 is 2.11 bits per heavy atom. The highest BCUT2D eigenvalue weighted by Crippen LogP contribution is 2.33. The molecule has 0 unspecified atom stereocenters. The van der Waals surface area contributed by atoms with Gasteiger partial charge in [-0.2, -0.15) is 0 Å². The van der Waals surface area contributed by atoms with Gasteiger partial charge in [-0.15, -0.1) is 0 Å². The van der Waals surface area contributed by atoms with Gasteiger partial charge in [0.25, 0.3) is 0 Å². The molecular formula is C15H19N3. The number of aryl methyl sites for hydroxylation is 1. The molecule has 1 fully saturated rings. The number of anilines is 2. The van der Waals surface area contributed by atoms with Crippen LogP contribution < -0.4 is 10.6 Å². The number of benzene rings is 1. The molecule has 0 aliphatic heterocycles. The van der Waals surface area contributed by atoms with Crippen LogP contribution in [0.5, 0.6) is 0 Å². The topological polar surface area (TPSA) is 42.1 Å². The Bertz CT molecular complexity index is 588. The van der Waals surface area contributed by atoms with Crippen LogP contribution in [0.4, 0.5) is 11.4 Å². The Morgan fingerprint density at radius 1 is 1.33 bits per heavy atom. The zero-order valence-corrected chi connectivity index (χ0v) is 11.0. The summed E-state index contributed by atoms with van der Waals surface area (Å²) in [5.41, 5.74) is 10.0. The first kappa shape index (κ1) is 11.3. The largest absolute Gasteiger partial charge is 0.399 e. The van der Waals surface area contributed by atoms with Gasteiger partial charge in [0.05, 0.1) is 5.52 Å². The van der Waals surface area contributed by atoms with Gasteiger partial charge >= 0.3 is 0 Å². The molecule has 1 saturated carbocycles. The maximum Gasteiger partial charge on any atom is 0.0727 e. The van der Waals surface area contributed by atoms with E-state index in [4.69, 9.17) is 5.73 Å². The fraction of sp³-hybridized carbons (Fsp3) is 0.400. The summed E-state index contributed by atoms with van der Waals surface area (Å²) in [5.74, 6) is 0.875. The van der Waals surface area contributed by atoms with Gasteiger partial charge < -0.3 is 10.6 Å². The Balaban J connectivity index is 2.09. The van der Waals surface area contributed by atoms with Gasteiger partial charge in [0, 0.05) is 36.0 Å². The Hall–Kier alpha value is -1.77. The molecule has 1 heterocycles. The molecule has 2 N–H and O–H groups in total. The van der Waals surface area contributed by atoms with Crippen molar-refractivity contribution >= 4 is 22.3 Å². The minimum absolute atomic E-state index is 0.800. The van der Waals surface area contributed by atoms with Crippen LogP contribution in [0, 0.1) is 12.8 Å². The molecule has 0 saturated heterocycles. The SMILES string of the molecule is Cc1cc(N(C)CC2CC2)c2cc(N)ccc2n1. The quantitative estimate of drug-likeness (QED) is 0.840. The molecule has 0 amide bonds. The normalized spacial score (nSPS) is 15.0. The van der Waals surface area contributed by atoms with Crippen LogP contribution in [-0.4, -0.2) is 18.6 Å². The number of nitrogen functional groups attached to an aromatic ring is 1. The lowest BCUT2D eigenvalue weighted by Gasteiger charge is -2.21. The van der Waals surface area contributed by atoms with Crippen LogP contribution in [0.15, 0.2) is 24.3 Å². The summed E-state index contributed by atoms with van der Waals surface area (Å²) in [6, 6.07) is 8.11. The van der Waals surface area contributed by atoms with Gasteiger partial charge in [-0.25, -0.2) is 0 Å². The third kappa shape index (κ3) is 2.13. The van der Waals surface area contributed by atoms with E-state index < -0.39 is 0 Å². The second-order valence-corrected chi connectivity index (χ2v) is 5.38. The zero-order chi connectivity index (χ0) is 12.7. The average Bonchev–Trinajstić information content (AvgIpc) is 3.12. The van der Waals surface area contributed by atoms with E-state index >= 15 is 0 Å². The third-order valence-electron chi connectivity index (χ3n) is 3.58. The molecule has 3 rings (SSSR count). The van der Waals surface area contributed by atoms with E-state index in [1.165, 1.54) is 18.5 Å². The van der Waals surface area contributed by atoms with E-state index in [0.717, 1.165) is 34.7 Å². The summed E-state index contributed by atoms with van der Waals surface area (Å²) in [6.45, 7) is 3.18. The number of hydrogen-bond acceptors (Lipinski definition) is 3. The van der Waals surface area contributed by atoms with Crippen molar-refractivity contribution in [2.75, 3.05) is 24.2 Å². The predicted octanol–water partition coefficient (Wildman–Crippen LogP) is 2.97. The van der Waals surface area contributed by atoms with E-state index in [2.05, 4.69) is 23.0 Å². The minimum atomic E-state index is 0.800. The molecular weight excluding hydrogens is 222 g/mol. The van der Waals surface area contributed by atoms with E-state index in [1.807, 2.05) is 25.1 Å². The lowest BCUT2D eigenvalue weighted by atomic mass is 10.1. The average molecular weight is 241 g/mol. The number of aromatic nitrogens is 1. The van der Waals surface area contributed by atoms with Gasteiger partial charge in [0.1, 0.15) is 0 Å². The highest BCUT2D eigenvalue weighted by molar-refractivity contribution is 5.93. The lowest BCUT2D eigenvalue weighted by molar-refractivity contribution is 0.789. The molecule has 1 aromatic carbocycles. The Labute approximate surface area is 108 Å².